The summed E-state index contributed by atoms with van der Waals surface area (Å²) >= 11 is 0. The molecule has 180 valence electrons. The van der Waals surface area contributed by atoms with Crippen LogP contribution >= 0.6 is 0 Å². The van der Waals surface area contributed by atoms with Gasteiger partial charge in [0.2, 0.25) is 0 Å². The smallest absolute Gasteiger partial charge is 0.00888 e. The van der Waals surface area contributed by atoms with Crippen molar-refractivity contribution in [2.24, 2.45) is 39.4 Å². The Labute approximate surface area is 197 Å². The topological polar surface area (TPSA) is 0 Å². The Bertz CT molecular complexity index is 668. The molecule has 0 aliphatic heterocycles. The van der Waals surface area contributed by atoms with E-state index in [1.165, 1.54) is 12.8 Å². The van der Waals surface area contributed by atoms with E-state index < -0.39 is 0 Å². The van der Waals surface area contributed by atoms with Gasteiger partial charge in [-0.2, -0.15) is 0 Å². The summed E-state index contributed by atoms with van der Waals surface area (Å²) in [5.41, 5.74) is 6.05. The number of allylic oxidation sites excluding steroid dienone is 6. The first-order chi connectivity index (χ1) is 13.7. The second kappa shape index (κ2) is 10.0. The van der Waals surface area contributed by atoms with Gasteiger partial charge >= 0.3 is 0 Å². The van der Waals surface area contributed by atoms with E-state index in [1.54, 1.807) is 16.7 Å². The Morgan fingerprint density at radius 1 is 0.774 bits per heavy atom. The van der Waals surface area contributed by atoms with Crippen molar-refractivity contribution in [1.29, 1.82) is 0 Å². The highest BCUT2D eigenvalue weighted by atomic mass is 14.4. The van der Waals surface area contributed by atoms with Crippen LogP contribution in [0.15, 0.2) is 34.9 Å². The predicted octanol–water partition coefficient (Wildman–Crippen LogP) is 10.4. The number of hydrogen-bond acceptors (Lipinski definition) is 0. The summed E-state index contributed by atoms with van der Waals surface area (Å²) in [6.45, 7) is 33.6. The maximum absolute atomic E-state index is 2.51. The molecule has 0 heteroatoms. The largest absolute Gasteiger partial charge is 0.0879 e. The minimum Gasteiger partial charge on any atom is -0.0879 e. The summed E-state index contributed by atoms with van der Waals surface area (Å²) in [5.74, 6) is 2.19. The first kappa shape index (κ1) is 28.3. The summed E-state index contributed by atoms with van der Waals surface area (Å²) < 4.78 is 0. The highest BCUT2D eigenvalue weighted by Gasteiger charge is 2.33. The van der Waals surface area contributed by atoms with E-state index in [4.69, 9.17) is 0 Å². The van der Waals surface area contributed by atoms with Gasteiger partial charge in [0.25, 0.3) is 0 Å². The second-order valence-corrected chi connectivity index (χ2v) is 14.7. The molecule has 0 heterocycles. The van der Waals surface area contributed by atoms with Crippen LogP contribution in [0.4, 0.5) is 0 Å². The average molecular weight is 429 g/mol. The molecule has 0 nitrogen and oxygen atoms in total. The van der Waals surface area contributed by atoms with E-state index in [0.717, 1.165) is 24.7 Å². The van der Waals surface area contributed by atoms with Crippen LogP contribution in [-0.4, -0.2) is 0 Å². The molecule has 0 spiro atoms. The van der Waals surface area contributed by atoms with E-state index in [2.05, 4.69) is 115 Å². The summed E-state index contributed by atoms with van der Waals surface area (Å²) in [7, 11) is 0. The van der Waals surface area contributed by atoms with Crippen molar-refractivity contribution < 1.29 is 0 Å². The van der Waals surface area contributed by atoms with Gasteiger partial charge in [-0.1, -0.05) is 126 Å². The van der Waals surface area contributed by atoms with Crippen molar-refractivity contribution in [2.75, 3.05) is 0 Å². The van der Waals surface area contributed by atoms with Crippen LogP contribution in [0.1, 0.15) is 123 Å². The van der Waals surface area contributed by atoms with Gasteiger partial charge in [0.15, 0.2) is 0 Å². The maximum Gasteiger partial charge on any atom is -0.00888 e. The summed E-state index contributed by atoms with van der Waals surface area (Å²) in [4.78, 5) is 0. The standard InChI is InChI=1S/C31H56/c1-22(26(30(9,10)11)19-23(2)28(3,4)5)17-15-16-18-24-20-25(29(6,7)8)21-27(24)31(12,13)14/h15-16,20,22-23,26H,17-19,21H2,1-14H3/b16-15-/t22-,23-,26-/m0/s1. The van der Waals surface area contributed by atoms with E-state index in [-0.39, 0.29) is 10.8 Å². The quantitative estimate of drug-likeness (QED) is 0.354. The molecule has 0 radical (unpaired) electrons. The van der Waals surface area contributed by atoms with Gasteiger partial charge in [0, 0.05) is 0 Å². The van der Waals surface area contributed by atoms with Crippen molar-refractivity contribution >= 4 is 0 Å². The van der Waals surface area contributed by atoms with Crippen LogP contribution in [0.5, 0.6) is 0 Å². The molecule has 0 N–H and O–H groups in total. The minimum absolute atomic E-state index is 0.250. The lowest BCUT2D eigenvalue weighted by atomic mass is 9.65. The molecule has 0 fully saturated rings. The van der Waals surface area contributed by atoms with E-state index >= 15 is 0 Å². The molecule has 0 aromatic rings. The van der Waals surface area contributed by atoms with Crippen LogP contribution in [0.3, 0.4) is 0 Å². The van der Waals surface area contributed by atoms with Crippen LogP contribution < -0.4 is 0 Å². The van der Waals surface area contributed by atoms with E-state index in [0.29, 0.717) is 16.7 Å². The van der Waals surface area contributed by atoms with Crippen molar-refractivity contribution in [1.82, 2.24) is 0 Å². The number of rotatable bonds is 7. The lowest BCUT2D eigenvalue weighted by molar-refractivity contribution is 0.102. The van der Waals surface area contributed by atoms with Gasteiger partial charge in [0.1, 0.15) is 0 Å². The van der Waals surface area contributed by atoms with Crippen LogP contribution in [0.2, 0.25) is 0 Å². The van der Waals surface area contributed by atoms with Crippen LogP contribution in [-0.2, 0) is 0 Å². The third-order valence-electron chi connectivity index (χ3n) is 7.87. The molecular formula is C31H56. The summed E-state index contributed by atoms with van der Waals surface area (Å²) in [6, 6.07) is 0. The molecule has 31 heavy (non-hydrogen) atoms. The maximum atomic E-state index is 2.51. The summed E-state index contributed by atoms with van der Waals surface area (Å²) in [6.07, 6.45) is 12.2. The highest BCUT2D eigenvalue weighted by Crippen LogP contribution is 2.45. The Morgan fingerprint density at radius 2 is 1.32 bits per heavy atom. The Hall–Kier alpha value is -0.780. The van der Waals surface area contributed by atoms with Crippen molar-refractivity contribution in [2.45, 2.75) is 123 Å². The van der Waals surface area contributed by atoms with Gasteiger partial charge < -0.3 is 0 Å². The normalized spacial score (nSPS) is 19.7. The zero-order valence-electron chi connectivity index (χ0n) is 23.8. The van der Waals surface area contributed by atoms with Gasteiger partial charge in [-0.15, -0.1) is 0 Å². The number of hydrogen-bond donors (Lipinski definition) is 0. The highest BCUT2D eigenvalue weighted by molar-refractivity contribution is 5.44. The first-order valence-electron chi connectivity index (χ1n) is 12.8. The molecule has 0 saturated carbocycles. The Balaban J connectivity index is 2.89. The van der Waals surface area contributed by atoms with Crippen molar-refractivity contribution in [3.63, 3.8) is 0 Å². The molecule has 0 aromatic heterocycles. The monoisotopic (exact) mass is 428 g/mol. The molecule has 0 aromatic carbocycles. The fraction of sp³-hybridized carbons (Fsp3) is 0.806. The SMILES string of the molecule is C[C@@H](C/C=C\CC1=C(C(C)(C)C)CC(C(C)(C)C)=C1)[C@H](C[C@H](C)C(C)(C)C)C(C)(C)C. The molecule has 1 rings (SSSR count). The van der Waals surface area contributed by atoms with Gasteiger partial charge in [-0.3, -0.25) is 0 Å². The fourth-order valence-electron chi connectivity index (χ4n) is 4.92. The molecule has 1 aliphatic carbocycles. The van der Waals surface area contributed by atoms with Crippen molar-refractivity contribution in [3.8, 4) is 0 Å². The summed E-state index contributed by atoms with van der Waals surface area (Å²) in [5, 5.41) is 0. The molecule has 1 aliphatic rings. The molecule has 0 bridgehead atoms. The first-order valence-corrected chi connectivity index (χ1v) is 12.8. The third-order valence-corrected chi connectivity index (χ3v) is 7.87. The third kappa shape index (κ3) is 8.58. The van der Waals surface area contributed by atoms with Gasteiger partial charge in [-0.05, 0) is 70.7 Å². The van der Waals surface area contributed by atoms with Crippen LogP contribution in [0.25, 0.3) is 0 Å². The Morgan fingerprint density at radius 3 is 1.74 bits per heavy atom. The zero-order valence-corrected chi connectivity index (χ0v) is 23.8. The van der Waals surface area contributed by atoms with Gasteiger partial charge in [-0.25, -0.2) is 0 Å². The zero-order chi connectivity index (χ0) is 24.4. The molecule has 0 unspecified atom stereocenters. The van der Waals surface area contributed by atoms with Gasteiger partial charge in [0.05, 0.1) is 0 Å². The Kier molecular flexibility index (Phi) is 9.12. The molecule has 0 amide bonds. The lowest BCUT2D eigenvalue weighted by Gasteiger charge is -2.40. The predicted molar refractivity (Wildman–Crippen MR) is 142 cm³/mol. The fourth-order valence-corrected chi connectivity index (χ4v) is 4.92. The second-order valence-electron chi connectivity index (χ2n) is 14.7. The average Bonchev–Trinajstić information content (AvgIpc) is 2.98. The molecule has 0 saturated heterocycles. The molecular weight excluding hydrogens is 372 g/mol. The molecule has 3 atom stereocenters. The van der Waals surface area contributed by atoms with E-state index in [9.17, 15) is 0 Å². The lowest BCUT2D eigenvalue weighted by Crippen LogP contribution is -2.31. The van der Waals surface area contributed by atoms with Crippen LogP contribution in [0, 0.1) is 39.4 Å². The minimum atomic E-state index is 0.250. The van der Waals surface area contributed by atoms with Crippen molar-refractivity contribution in [3.05, 3.63) is 34.9 Å². The van der Waals surface area contributed by atoms with E-state index in [1.807, 2.05) is 0 Å².